The molecule has 1 saturated heterocycles. The van der Waals surface area contributed by atoms with E-state index in [1.54, 1.807) is 0 Å². The third kappa shape index (κ3) is 3.96. The van der Waals surface area contributed by atoms with Crippen LogP contribution in [0, 0.1) is 0 Å². The second-order valence-corrected chi connectivity index (χ2v) is 5.53. The molecule has 2 aromatic rings. The first-order valence-electron chi connectivity index (χ1n) is 6.76. The van der Waals surface area contributed by atoms with Crippen LogP contribution in [-0.4, -0.2) is 49.1 Å². The number of nitrogens with zero attached hydrogens (tertiary/aromatic N) is 1. The highest BCUT2D eigenvalue weighted by molar-refractivity contribution is 7.99. The summed E-state index contributed by atoms with van der Waals surface area (Å²) in [5.41, 5.74) is 1.53. The molecule has 1 fully saturated rings. The van der Waals surface area contributed by atoms with Gasteiger partial charge in [0.15, 0.2) is 5.58 Å². The molecular weight excluding hydrogens is 292 g/mol. The number of hydrogen-bond acceptors (Lipinski definition) is 6. The minimum atomic E-state index is -0.0728. The van der Waals surface area contributed by atoms with Crippen molar-refractivity contribution in [1.29, 1.82) is 0 Å². The third-order valence-electron chi connectivity index (χ3n) is 3.01. The van der Waals surface area contributed by atoms with Gasteiger partial charge in [-0.15, -0.1) is 0 Å². The highest BCUT2D eigenvalue weighted by atomic mass is 32.2. The monoisotopic (exact) mass is 308 g/mol. The molecule has 0 bridgehead atoms. The molecule has 1 aliphatic rings. The SMILES string of the molecule is O=C(CSc1nc2ccccc2o1)NC[C@H]1COCCO1. The number of oxazole rings is 1. The Balaban J connectivity index is 1.44. The number of amides is 1. The van der Waals surface area contributed by atoms with E-state index in [1.165, 1.54) is 11.8 Å². The zero-order valence-corrected chi connectivity index (χ0v) is 12.2. The van der Waals surface area contributed by atoms with Gasteiger partial charge in [-0.3, -0.25) is 4.79 Å². The average molecular weight is 308 g/mol. The number of ether oxygens (including phenoxy) is 2. The summed E-state index contributed by atoms with van der Waals surface area (Å²) in [7, 11) is 0. The number of aromatic nitrogens is 1. The van der Waals surface area contributed by atoms with E-state index in [2.05, 4.69) is 10.3 Å². The van der Waals surface area contributed by atoms with Crippen molar-refractivity contribution in [3.8, 4) is 0 Å². The topological polar surface area (TPSA) is 73.6 Å². The van der Waals surface area contributed by atoms with E-state index >= 15 is 0 Å². The first-order chi connectivity index (χ1) is 10.3. The lowest BCUT2D eigenvalue weighted by Gasteiger charge is -2.22. The van der Waals surface area contributed by atoms with Gasteiger partial charge in [0.1, 0.15) is 5.52 Å². The highest BCUT2D eigenvalue weighted by Crippen LogP contribution is 2.22. The summed E-state index contributed by atoms with van der Waals surface area (Å²) in [5.74, 6) is 0.192. The first kappa shape index (κ1) is 14.4. The van der Waals surface area contributed by atoms with Crippen molar-refractivity contribution in [2.24, 2.45) is 0 Å². The smallest absolute Gasteiger partial charge is 0.257 e. The van der Waals surface area contributed by atoms with E-state index in [4.69, 9.17) is 13.9 Å². The van der Waals surface area contributed by atoms with E-state index in [1.807, 2.05) is 24.3 Å². The van der Waals surface area contributed by atoms with Gasteiger partial charge in [-0.05, 0) is 12.1 Å². The molecule has 1 aliphatic heterocycles. The van der Waals surface area contributed by atoms with E-state index < -0.39 is 0 Å². The van der Waals surface area contributed by atoms with Crippen molar-refractivity contribution >= 4 is 28.8 Å². The van der Waals surface area contributed by atoms with Crippen molar-refractivity contribution < 1.29 is 18.7 Å². The van der Waals surface area contributed by atoms with E-state index in [-0.39, 0.29) is 17.8 Å². The summed E-state index contributed by atoms with van der Waals surface area (Å²) in [6, 6.07) is 7.52. The van der Waals surface area contributed by atoms with Crippen molar-refractivity contribution in [3.63, 3.8) is 0 Å². The number of rotatable bonds is 5. The summed E-state index contributed by atoms with van der Waals surface area (Å²) in [6.45, 7) is 2.20. The summed E-state index contributed by atoms with van der Waals surface area (Å²) in [5, 5.41) is 3.33. The molecule has 1 N–H and O–H groups in total. The fourth-order valence-electron chi connectivity index (χ4n) is 1.97. The van der Waals surface area contributed by atoms with Gasteiger partial charge in [-0.1, -0.05) is 23.9 Å². The molecule has 112 valence electrons. The predicted molar refractivity (Wildman–Crippen MR) is 78.3 cm³/mol. The summed E-state index contributed by atoms with van der Waals surface area (Å²) in [4.78, 5) is 16.1. The third-order valence-corrected chi connectivity index (χ3v) is 3.84. The van der Waals surface area contributed by atoms with Crippen LogP contribution in [0.5, 0.6) is 0 Å². The molecule has 1 aromatic carbocycles. The lowest BCUT2D eigenvalue weighted by atomic mass is 10.3. The number of nitrogens with one attached hydrogen (secondary N) is 1. The normalized spacial score (nSPS) is 18.8. The van der Waals surface area contributed by atoms with Crippen LogP contribution in [0.15, 0.2) is 33.9 Å². The highest BCUT2D eigenvalue weighted by Gasteiger charge is 2.15. The first-order valence-corrected chi connectivity index (χ1v) is 7.74. The number of hydrogen-bond donors (Lipinski definition) is 1. The van der Waals surface area contributed by atoms with Crippen molar-refractivity contribution in [2.75, 3.05) is 32.1 Å². The Labute approximate surface area is 126 Å². The van der Waals surface area contributed by atoms with Gasteiger partial charge >= 0.3 is 0 Å². The van der Waals surface area contributed by atoms with Crippen LogP contribution < -0.4 is 5.32 Å². The molecular formula is C14H16N2O4S. The van der Waals surface area contributed by atoms with Crippen LogP contribution in [0.1, 0.15) is 0 Å². The number of carbonyl (C=O) groups is 1. The fourth-order valence-corrected chi connectivity index (χ4v) is 2.64. The van der Waals surface area contributed by atoms with Crippen LogP contribution in [-0.2, 0) is 14.3 Å². The van der Waals surface area contributed by atoms with Crippen LogP contribution in [0.25, 0.3) is 11.1 Å². The quantitative estimate of drug-likeness (QED) is 0.843. The van der Waals surface area contributed by atoms with Gasteiger partial charge in [-0.25, -0.2) is 4.98 Å². The number of thioether (sulfide) groups is 1. The van der Waals surface area contributed by atoms with Gasteiger partial charge in [0.2, 0.25) is 5.91 Å². The molecule has 3 rings (SSSR count). The van der Waals surface area contributed by atoms with E-state index in [9.17, 15) is 4.79 Å². The molecule has 0 aliphatic carbocycles. The average Bonchev–Trinajstić information content (AvgIpc) is 2.95. The molecule has 0 spiro atoms. The van der Waals surface area contributed by atoms with Gasteiger partial charge in [-0.2, -0.15) is 0 Å². The largest absolute Gasteiger partial charge is 0.431 e. The zero-order chi connectivity index (χ0) is 14.5. The minimum absolute atomic E-state index is 0.0583. The maximum atomic E-state index is 11.8. The van der Waals surface area contributed by atoms with Gasteiger partial charge < -0.3 is 19.2 Å². The van der Waals surface area contributed by atoms with Crippen LogP contribution >= 0.6 is 11.8 Å². The maximum Gasteiger partial charge on any atom is 0.257 e. The Morgan fingerprint density at radius 3 is 3.10 bits per heavy atom. The Bertz CT molecular complexity index is 577. The van der Waals surface area contributed by atoms with Gasteiger partial charge in [0.25, 0.3) is 5.22 Å². The Morgan fingerprint density at radius 2 is 2.29 bits per heavy atom. The Hall–Kier alpha value is -1.57. The molecule has 1 amide bonds. The summed E-state index contributed by atoms with van der Waals surface area (Å²) in [6.07, 6.45) is -0.0583. The molecule has 1 atom stereocenters. The predicted octanol–water partition coefficient (Wildman–Crippen LogP) is 1.45. The second-order valence-electron chi connectivity index (χ2n) is 4.61. The fraction of sp³-hybridized carbons (Fsp3) is 0.429. The van der Waals surface area contributed by atoms with Crippen molar-refractivity contribution in [2.45, 2.75) is 11.3 Å². The van der Waals surface area contributed by atoms with Gasteiger partial charge in [0.05, 0.1) is 31.7 Å². The molecule has 1 aromatic heterocycles. The van der Waals surface area contributed by atoms with E-state index in [0.717, 1.165) is 11.1 Å². The van der Waals surface area contributed by atoms with E-state index in [0.29, 0.717) is 31.6 Å². The Morgan fingerprint density at radius 1 is 1.38 bits per heavy atom. The van der Waals surface area contributed by atoms with Crippen LogP contribution in [0.3, 0.4) is 0 Å². The van der Waals surface area contributed by atoms with Crippen molar-refractivity contribution in [3.05, 3.63) is 24.3 Å². The molecule has 0 radical (unpaired) electrons. The van der Waals surface area contributed by atoms with Crippen molar-refractivity contribution in [1.82, 2.24) is 10.3 Å². The molecule has 21 heavy (non-hydrogen) atoms. The molecule has 6 nitrogen and oxygen atoms in total. The minimum Gasteiger partial charge on any atom is -0.431 e. The number of carbonyl (C=O) groups excluding carboxylic acids is 1. The van der Waals surface area contributed by atoms with Crippen LogP contribution in [0.2, 0.25) is 0 Å². The molecule has 2 heterocycles. The molecule has 0 saturated carbocycles. The molecule has 0 unspecified atom stereocenters. The summed E-state index contributed by atoms with van der Waals surface area (Å²) >= 11 is 1.28. The lowest BCUT2D eigenvalue weighted by Crippen LogP contribution is -2.40. The zero-order valence-electron chi connectivity index (χ0n) is 11.4. The van der Waals surface area contributed by atoms with Gasteiger partial charge in [0, 0.05) is 6.54 Å². The number of benzene rings is 1. The standard InChI is InChI=1S/C14H16N2O4S/c17-13(15-7-10-8-18-5-6-19-10)9-21-14-16-11-3-1-2-4-12(11)20-14/h1-4,10H,5-9H2,(H,15,17)/t10-/m0/s1. The lowest BCUT2D eigenvalue weighted by molar-refractivity contribution is -0.121. The summed E-state index contributed by atoms with van der Waals surface area (Å²) < 4.78 is 16.3. The Kier molecular flexibility index (Phi) is 4.74. The number of para-hydroxylation sites is 2. The molecule has 7 heteroatoms. The van der Waals surface area contributed by atoms with Crippen LogP contribution in [0.4, 0.5) is 0 Å². The maximum absolute atomic E-state index is 11.8. The number of fused-ring (bicyclic) bond motifs is 1. The second kappa shape index (κ2) is 6.93.